The van der Waals surface area contributed by atoms with Crippen LogP contribution >= 0.6 is 23.1 Å². The van der Waals surface area contributed by atoms with Crippen molar-refractivity contribution < 1.29 is 0 Å². The van der Waals surface area contributed by atoms with Gasteiger partial charge in [0.25, 0.3) is 0 Å². The topological polar surface area (TPSA) is 30.7 Å². The van der Waals surface area contributed by atoms with E-state index in [1.54, 1.807) is 29.3 Å². The fourth-order valence-corrected chi connectivity index (χ4v) is 9.85. The van der Waals surface area contributed by atoms with E-state index in [0.717, 1.165) is 17.5 Å². The lowest BCUT2D eigenvalue weighted by Gasteiger charge is -2.19. The molecule has 3 nitrogen and oxygen atoms in total. The first-order chi connectivity index (χ1) is 20.3. The summed E-state index contributed by atoms with van der Waals surface area (Å²) in [6.07, 6.45) is 11.7. The van der Waals surface area contributed by atoms with Crippen LogP contribution in [0.4, 0.5) is 0 Å². The third kappa shape index (κ3) is 2.54. The van der Waals surface area contributed by atoms with Gasteiger partial charge in [-0.2, -0.15) is 0 Å². The molecule has 1 atom stereocenters. The van der Waals surface area contributed by atoms with Crippen molar-refractivity contribution in [2.45, 2.75) is 16.6 Å². The second kappa shape index (κ2) is 7.24. The summed E-state index contributed by atoms with van der Waals surface area (Å²) in [7, 11) is 0. The molecule has 0 radical (unpaired) electrons. The number of aromatic nitrogens is 3. The normalized spacial score (nSPS) is 16.4. The number of hydrogen-bond acceptors (Lipinski definition) is 4. The third-order valence-electron chi connectivity index (χ3n) is 9.32. The van der Waals surface area contributed by atoms with Gasteiger partial charge in [0.1, 0.15) is 11.0 Å². The van der Waals surface area contributed by atoms with Crippen LogP contribution in [0.5, 0.6) is 0 Å². The molecule has 0 saturated heterocycles. The second-order valence-corrected chi connectivity index (χ2v) is 13.4. The van der Waals surface area contributed by atoms with Gasteiger partial charge in [0, 0.05) is 44.5 Å². The maximum absolute atomic E-state index is 4.61. The molecule has 0 saturated carbocycles. The van der Waals surface area contributed by atoms with Gasteiger partial charge in [-0.25, -0.2) is 0 Å². The van der Waals surface area contributed by atoms with Crippen LogP contribution in [0.1, 0.15) is 21.9 Å². The minimum Gasteiger partial charge on any atom is -0.309 e. The summed E-state index contributed by atoms with van der Waals surface area (Å²) in [6.45, 7) is 0. The van der Waals surface area contributed by atoms with Gasteiger partial charge in [-0.1, -0.05) is 48.6 Å². The molecule has 1 aliphatic heterocycles. The predicted octanol–water partition coefficient (Wildman–Crippen LogP) is 8.99. The molecule has 5 heteroatoms. The summed E-state index contributed by atoms with van der Waals surface area (Å²) in [5, 5.41) is 13.7. The molecule has 8 aromatic rings. The highest BCUT2D eigenvalue weighted by molar-refractivity contribution is 8.00. The molecule has 0 amide bonds. The molecular formula is C36H19N3S2. The van der Waals surface area contributed by atoms with Gasteiger partial charge in [0.05, 0.1) is 21.0 Å². The molecule has 3 aromatic heterocycles. The van der Waals surface area contributed by atoms with Crippen LogP contribution in [0, 0.1) is 0 Å². The van der Waals surface area contributed by atoms with Crippen LogP contribution < -0.4 is 5.35 Å². The highest BCUT2D eigenvalue weighted by Gasteiger charge is 2.34. The average molecular weight is 558 g/mol. The summed E-state index contributed by atoms with van der Waals surface area (Å²) in [4.78, 5) is 11.7. The molecule has 11 rings (SSSR count). The number of hydrogen-bond donors (Lipinski definition) is 0. The Kier molecular flexibility index (Phi) is 3.77. The molecular weight excluding hydrogens is 539 g/mol. The number of fused-ring (bicyclic) bond motifs is 2. The SMILES string of the molecule is C1=CC2Sc3ccc4c5c3c2c2c1ccc1c2c5c(n1-c1ccc2cc(-c3scc5nccnc35)ccc2c1)=CC4. The Labute approximate surface area is 242 Å². The lowest BCUT2D eigenvalue weighted by Crippen LogP contribution is -2.17. The van der Waals surface area contributed by atoms with Crippen LogP contribution in [0.15, 0.2) is 89.4 Å². The van der Waals surface area contributed by atoms with E-state index in [9.17, 15) is 0 Å². The first-order valence-corrected chi connectivity index (χ1v) is 15.7. The second-order valence-electron chi connectivity index (χ2n) is 11.3. The fourth-order valence-electron chi connectivity index (χ4n) is 7.66. The standard InChI is InChI=1S/C36H19N3S2/c1-2-22(36-35-24(17-40-36)37-13-14-38-35)15-20-3-8-23(16-21(1)20)39-25-9-4-18-6-11-27-33-29(18)31(25)32-26(39)10-5-19-7-12-28(41-27)34(33)30(19)32/h1-4,6-17,27H,5H2. The van der Waals surface area contributed by atoms with Crippen LogP contribution in [0.2, 0.25) is 0 Å². The first kappa shape index (κ1) is 21.3. The van der Waals surface area contributed by atoms with E-state index in [2.05, 4.69) is 98.8 Å². The molecule has 0 bridgehead atoms. The van der Waals surface area contributed by atoms with E-state index in [4.69, 9.17) is 0 Å². The highest BCUT2D eigenvalue weighted by atomic mass is 32.2. The van der Waals surface area contributed by atoms with E-state index >= 15 is 0 Å². The number of benzene rings is 5. The molecule has 3 aliphatic rings. The van der Waals surface area contributed by atoms with Crippen LogP contribution in [-0.4, -0.2) is 14.5 Å². The Hall–Kier alpha value is -4.45. The molecule has 0 fully saturated rings. The largest absolute Gasteiger partial charge is 0.309 e. The molecule has 41 heavy (non-hydrogen) atoms. The van der Waals surface area contributed by atoms with Crippen LogP contribution in [0.3, 0.4) is 0 Å². The Balaban J connectivity index is 1.19. The average Bonchev–Trinajstić information content (AvgIpc) is 3.72. The Morgan fingerprint density at radius 2 is 1.73 bits per heavy atom. The van der Waals surface area contributed by atoms with Gasteiger partial charge in [-0.3, -0.25) is 9.97 Å². The van der Waals surface area contributed by atoms with Crippen molar-refractivity contribution in [2.24, 2.45) is 0 Å². The van der Waals surface area contributed by atoms with E-state index in [1.165, 1.54) is 80.7 Å². The van der Waals surface area contributed by atoms with Gasteiger partial charge >= 0.3 is 0 Å². The van der Waals surface area contributed by atoms with Crippen molar-refractivity contribution in [3.63, 3.8) is 0 Å². The molecule has 4 heterocycles. The molecule has 5 aromatic carbocycles. The van der Waals surface area contributed by atoms with Gasteiger partial charge < -0.3 is 4.57 Å². The summed E-state index contributed by atoms with van der Waals surface area (Å²) < 4.78 is 2.52. The molecule has 2 aliphatic carbocycles. The van der Waals surface area contributed by atoms with Gasteiger partial charge in [0.15, 0.2) is 0 Å². The van der Waals surface area contributed by atoms with Crippen molar-refractivity contribution in [3.8, 4) is 16.1 Å². The number of nitrogens with zero attached hydrogens (tertiary/aromatic N) is 3. The fraction of sp³-hybridized carbons (Fsp3) is 0.0556. The molecule has 1 unspecified atom stereocenters. The summed E-state index contributed by atoms with van der Waals surface area (Å²) in [5.74, 6) is 0. The van der Waals surface area contributed by atoms with Gasteiger partial charge in [0.2, 0.25) is 0 Å². The summed E-state index contributed by atoms with van der Waals surface area (Å²) >= 11 is 3.73. The van der Waals surface area contributed by atoms with Crippen molar-refractivity contribution in [3.05, 3.63) is 107 Å². The lowest BCUT2D eigenvalue weighted by atomic mass is 9.84. The van der Waals surface area contributed by atoms with E-state index in [0.29, 0.717) is 5.25 Å². The Morgan fingerprint density at radius 3 is 2.73 bits per heavy atom. The van der Waals surface area contributed by atoms with Gasteiger partial charge in [-0.15, -0.1) is 23.1 Å². The lowest BCUT2D eigenvalue weighted by molar-refractivity contribution is 1.08. The maximum atomic E-state index is 4.61. The predicted molar refractivity (Wildman–Crippen MR) is 173 cm³/mol. The molecule has 0 spiro atoms. The van der Waals surface area contributed by atoms with E-state index in [1.807, 2.05) is 11.8 Å². The highest BCUT2D eigenvalue weighted by Crippen LogP contribution is 2.57. The van der Waals surface area contributed by atoms with Gasteiger partial charge in [-0.05, 0) is 80.6 Å². The monoisotopic (exact) mass is 557 g/mol. The van der Waals surface area contributed by atoms with E-state index in [-0.39, 0.29) is 0 Å². The van der Waals surface area contributed by atoms with Crippen molar-refractivity contribution in [2.75, 3.05) is 0 Å². The quantitative estimate of drug-likeness (QED) is 0.199. The number of rotatable bonds is 2. The first-order valence-electron chi connectivity index (χ1n) is 14.0. The third-order valence-corrected chi connectivity index (χ3v) is 11.6. The molecule has 0 N–H and O–H groups in total. The van der Waals surface area contributed by atoms with Crippen molar-refractivity contribution in [1.29, 1.82) is 0 Å². The van der Waals surface area contributed by atoms with Crippen molar-refractivity contribution in [1.82, 2.24) is 14.5 Å². The van der Waals surface area contributed by atoms with E-state index < -0.39 is 0 Å². The number of thioether (sulfide) groups is 1. The summed E-state index contributed by atoms with van der Waals surface area (Å²) in [6, 6.07) is 23.1. The van der Waals surface area contributed by atoms with Crippen LogP contribution in [0.25, 0.3) is 82.5 Å². The Bertz CT molecular complexity index is 2600. The minimum atomic E-state index is 0.418. The molecule has 190 valence electrons. The zero-order valence-corrected chi connectivity index (χ0v) is 23.3. The van der Waals surface area contributed by atoms with Crippen LogP contribution in [-0.2, 0) is 6.42 Å². The zero-order valence-electron chi connectivity index (χ0n) is 21.7. The summed E-state index contributed by atoms with van der Waals surface area (Å²) in [5.41, 5.74) is 10.0. The van der Waals surface area contributed by atoms with Crippen molar-refractivity contribution >= 4 is 89.5 Å². The number of thiophene rings is 1. The maximum Gasteiger partial charge on any atom is 0.107 e. The smallest absolute Gasteiger partial charge is 0.107 e. The Morgan fingerprint density at radius 1 is 0.805 bits per heavy atom. The minimum absolute atomic E-state index is 0.418. The zero-order chi connectivity index (χ0) is 26.4.